The summed E-state index contributed by atoms with van der Waals surface area (Å²) < 4.78 is 26.7. The van der Waals surface area contributed by atoms with E-state index in [2.05, 4.69) is 16.4 Å². The van der Waals surface area contributed by atoms with Crippen LogP contribution in [0.5, 0.6) is 0 Å². The third-order valence-corrected chi connectivity index (χ3v) is 7.90. The van der Waals surface area contributed by atoms with E-state index in [9.17, 15) is 18.5 Å². The Hall–Kier alpha value is -2.41. The lowest BCUT2D eigenvalue weighted by Crippen LogP contribution is -2.30. The number of pyridine rings is 1. The predicted molar refractivity (Wildman–Crippen MR) is 119 cm³/mol. The van der Waals surface area contributed by atoms with E-state index >= 15 is 0 Å². The molecule has 0 radical (unpaired) electrons. The van der Waals surface area contributed by atoms with Gasteiger partial charge in [0.25, 0.3) is 0 Å². The van der Waals surface area contributed by atoms with Crippen molar-refractivity contribution >= 4 is 33.4 Å². The standard InChI is InChI=1S/C21H26N4O3S2/c1-6-25(7-2)30(27,28)18-10-8-9-17(11-18)24-20(26)13-29-21-19(12-22)15(4)14(3)16(5)23-21/h8-11H,6-7,13H2,1-5H3,(H,24,26). The van der Waals surface area contributed by atoms with Crippen molar-refractivity contribution in [2.45, 2.75) is 44.5 Å². The van der Waals surface area contributed by atoms with Crippen molar-refractivity contribution in [1.29, 1.82) is 5.26 Å². The third-order valence-electron chi connectivity index (χ3n) is 4.88. The highest BCUT2D eigenvalue weighted by Crippen LogP contribution is 2.26. The van der Waals surface area contributed by atoms with E-state index in [1.807, 2.05) is 20.8 Å². The zero-order chi connectivity index (χ0) is 22.5. The largest absolute Gasteiger partial charge is 0.325 e. The van der Waals surface area contributed by atoms with Crippen LogP contribution in [-0.2, 0) is 14.8 Å². The fourth-order valence-electron chi connectivity index (χ4n) is 2.93. The summed E-state index contributed by atoms with van der Waals surface area (Å²) in [6, 6.07) is 8.37. The fraction of sp³-hybridized carbons (Fsp3) is 0.381. The number of hydrogen-bond acceptors (Lipinski definition) is 6. The number of nitrogens with one attached hydrogen (secondary N) is 1. The lowest BCUT2D eigenvalue weighted by molar-refractivity contribution is -0.113. The molecule has 0 fully saturated rings. The second kappa shape index (κ2) is 10.1. The van der Waals surface area contributed by atoms with Crippen molar-refractivity contribution < 1.29 is 13.2 Å². The number of aromatic nitrogens is 1. The Bertz CT molecular complexity index is 1090. The Kier molecular flexibility index (Phi) is 8.01. The van der Waals surface area contributed by atoms with E-state index in [1.54, 1.807) is 26.0 Å². The normalized spacial score (nSPS) is 11.4. The van der Waals surface area contributed by atoms with Gasteiger partial charge in [0.2, 0.25) is 15.9 Å². The Balaban J connectivity index is 2.15. The number of amides is 1. The van der Waals surface area contributed by atoms with Crippen LogP contribution in [0.3, 0.4) is 0 Å². The molecule has 1 amide bonds. The molecule has 0 aliphatic heterocycles. The number of hydrogen-bond donors (Lipinski definition) is 1. The Labute approximate surface area is 182 Å². The topological polar surface area (TPSA) is 103 Å². The molecule has 2 rings (SSSR count). The van der Waals surface area contributed by atoms with Gasteiger partial charge >= 0.3 is 0 Å². The van der Waals surface area contributed by atoms with Gasteiger partial charge in [-0.25, -0.2) is 13.4 Å². The lowest BCUT2D eigenvalue weighted by atomic mass is 10.1. The number of sulfonamides is 1. The minimum atomic E-state index is -3.61. The number of thioether (sulfide) groups is 1. The molecule has 0 unspecified atom stereocenters. The summed E-state index contributed by atoms with van der Waals surface area (Å²) in [5.74, 6) is -0.254. The molecule has 0 atom stereocenters. The van der Waals surface area contributed by atoms with Gasteiger partial charge in [-0.05, 0) is 50.1 Å². The molecule has 1 aromatic carbocycles. The highest BCUT2D eigenvalue weighted by molar-refractivity contribution is 8.00. The van der Waals surface area contributed by atoms with Gasteiger partial charge in [-0.3, -0.25) is 4.79 Å². The average molecular weight is 447 g/mol. The molecular weight excluding hydrogens is 420 g/mol. The third kappa shape index (κ3) is 5.19. The van der Waals surface area contributed by atoms with Gasteiger partial charge in [-0.2, -0.15) is 9.57 Å². The Morgan fingerprint density at radius 3 is 2.47 bits per heavy atom. The first-order valence-electron chi connectivity index (χ1n) is 9.56. The molecule has 160 valence electrons. The smallest absolute Gasteiger partial charge is 0.243 e. The molecular formula is C21H26N4O3S2. The summed E-state index contributed by atoms with van der Waals surface area (Å²) in [7, 11) is -3.61. The molecule has 1 aromatic heterocycles. The summed E-state index contributed by atoms with van der Waals surface area (Å²) in [5.41, 5.74) is 3.53. The number of carbonyl (C=O) groups excluding carboxylic acids is 1. The van der Waals surface area contributed by atoms with Gasteiger partial charge in [-0.1, -0.05) is 31.7 Å². The number of anilines is 1. The van der Waals surface area contributed by atoms with E-state index in [0.717, 1.165) is 16.8 Å². The van der Waals surface area contributed by atoms with Crippen LogP contribution in [0.25, 0.3) is 0 Å². The molecule has 7 nitrogen and oxygen atoms in total. The number of nitriles is 1. The van der Waals surface area contributed by atoms with Gasteiger partial charge in [-0.15, -0.1) is 0 Å². The van der Waals surface area contributed by atoms with Gasteiger partial charge < -0.3 is 5.32 Å². The molecule has 1 N–H and O–H groups in total. The molecule has 0 spiro atoms. The minimum absolute atomic E-state index is 0.0522. The van der Waals surface area contributed by atoms with Crippen LogP contribution in [0.15, 0.2) is 34.2 Å². The number of benzene rings is 1. The number of nitrogens with zero attached hydrogens (tertiary/aromatic N) is 3. The van der Waals surface area contributed by atoms with Crippen molar-refractivity contribution in [3.05, 3.63) is 46.6 Å². The highest BCUT2D eigenvalue weighted by Gasteiger charge is 2.22. The first-order chi connectivity index (χ1) is 14.1. The van der Waals surface area contributed by atoms with Gasteiger partial charge in [0, 0.05) is 24.5 Å². The van der Waals surface area contributed by atoms with Gasteiger partial charge in [0.15, 0.2) is 0 Å². The SMILES string of the molecule is CCN(CC)S(=O)(=O)c1cccc(NC(=O)CSc2nc(C)c(C)c(C)c2C#N)c1. The van der Waals surface area contributed by atoms with E-state index in [-0.39, 0.29) is 16.6 Å². The van der Waals surface area contributed by atoms with Gasteiger partial charge in [0.1, 0.15) is 11.1 Å². The van der Waals surface area contributed by atoms with Crippen LogP contribution >= 0.6 is 11.8 Å². The maximum absolute atomic E-state index is 12.7. The van der Waals surface area contributed by atoms with E-state index in [4.69, 9.17) is 0 Å². The number of aryl methyl sites for hydroxylation is 1. The van der Waals surface area contributed by atoms with Crippen LogP contribution in [0.4, 0.5) is 5.69 Å². The molecule has 0 saturated heterocycles. The first kappa shape index (κ1) is 23.9. The van der Waals surface area contributed by atoms with Crippen LogP contribution in [0.1, 0.15) is 36.2 Å². The quantitative estimate of drug-likeness (QED) is 0.621. The summed E-state index contributed by atoms with van der Waals surface area (Å²) in [5, 5.41) is 12.7. The van der Waals surface area contributed by atoms with E-state index in [1.165, 1.54) is 28.2 Å². The predicted octanol–water partition coefficient (Wildman–Crippen LogP) is 3.64. The number of carbonyl (C=O) groups is 1. The van der Waals surface area contributed by atoms with E-state index < -0.39 is 10.0 Å². The van der Waals surface area contributed by atoms with Crippen molar-refractivity contribution in [2.24, 2.45) is 0 Å². The second-order valence-corrected chi connectivity index (χ2v) is 9.60. The maximum atomic E-state index is 12.7. The molecule has 0 aliphatic rings. The van der Waals surface area contributed by atoms with Crippen LogP contribution in [0, 0.1) is 32.1 Å². The average Bonchev–Trinajstić information content (AvgIpc) is 2.71. The summed E-state index contributed by atoms with van der Waals surface area (Å²) in [4.78, 5) is 17.0. The Morgan fingerprint density at radius 1 is 1.20 bits per heavy atom. The van der Waals surface area contributed by atoms with Crippen molar-refractivity contribution in [1.82, 2.24) is 9.29 Å². The first-order valence-corrected chi connectivity index (χ1v) is 12.0. The van der Waals surface area contributed by atoms with Crippen molar-refractivity contribution in [2.75, 3.05) is 24.2 Å². The van der Waals surface area contributed by atoms with Gasteiger partial charge in [0.05, 0.1) is 16.2 Å². The molecule has 30 heavy (non-hydrogen) atoms. The molecule has 0 bridgehead atoms. The number of rotatable bonds is 8. The van der Waals surface area contributed by atoms with Crippen molar-refractivity contribution in [3.63, 3.8) is 0 Å². The fourth-order valence-corrected chi connectivity index (χ4v) is 5.31. The molecule has 1 heterocycles. The monoisotopic (exact) mass is 446 g/mol. The van der Waals surface area contributed by atoms with Crippen LogP contribution < -0.4 is 5.32 Å². The summed E-state index contributed by atoms with van der Waals surface area (Å²) >= 11 is 1.19. The molecule has 2 aromatic rings. The zero-order valence-electron chi connectivity index (χ0n) is 17.8. The van der Waals surface area contributed by atoms with Crippen LogP contribution in [0.2, 0.25) is 0 Å². The molecule has 0 saturated carbocycles. The minimum Gasteiger partial charge on any atom is -0.325 e. The van der Waals surface area contributed by atoms with E-state index in [0.29, 0.717) is 29.4 Å². The Morgan fingerprint density at radius 2 is 1.87 bits per heavy atom. The second-order valence-electron chi connectivity index (χ2n) is 6.69. The zero-order valence-corrected chi connectivity index (χ0v) is 19.4. The summed E-state index contributed by atoms with van der Waals surface area (Å²) in [6.45, 7) is 9.96. The van der Waals surface area contributed by atoms with Crippen molar-refractivity contribution in [3.8, 4) is 6.07 Å². The summed E-state index contributed by atoms with van der Waals surface area (Å²) in [6.07, 6.45) is 0. The highest BCUT2D eigenvalue weighted by atomic mass is 32.2. The molecule has 0 aliphatic carbocycles. The lowest BCUT2D eigenvalue weighted by Gasteiger charge is -2.18. The van der Waals surface area contributed by atoms with Crippen LogP contribution in [-0.4, -0.2) is 42.5 Å². The molecule has 9 heteroatoms. The maximum Gasteiger partial charge on any atom is 0.243 e.